The molecule has 0 radical (unpaired) electrons. The third-order valence-corrected chi connectivity index (χ3v) is 5.90. The zero-order valence-electron chi connectivity index (χ0n) is 18.7. The second kappa shape index (κ2) is 11.8. The van der Waals surface area contributed by atoms with Crippen molar-refractivity contribution in [2.24, 2.45) is 5.73 Å². The van der Waals surface area contributed by atoms with Crippen LogP contribution in [-0.2, 0) is 17.6 Å². The van der Waals surface area contributed by atoms with Gasteiger partial charge in [-0.25, -0.2) is 0 Å². The molecule has 0 saturated heterocycles. The van der Waals surface area contributed by atoms with E-state index in [0.29, 0.717) is 19.3 Å². The summed E-state index contributed by atoms with van der Waals surface area (Å²) in [5, 5.41) is 40.2. The van der Waals surface area contributed by atoms with E-state index in [0.717, 1.165) is 36.8 Å². The standard InChI is InChI=1S/C25H33NO7/c26-15-32-23-12-16(7-10-21(23)29)5-8-18(27)14-19(28)9-6-17-11-22(30)25(31)24(13-17)33-20-3-1-2-4-20/h7,10-13,19-20,28-31H,1-6,8-9,14-15,26H2. The fraction of sp³-hybridized carbons (Fsp3) is 0.480. The highest BCUT2D eigenvalue weighted by atomic mass is 16.5. The number of benzene rings is 2. The Morgan fingerprint density at radius 1 is 1.00 bits per heavy atom. The van der Waals surface area contributed by atoms with E-state index in [2.05, 4.69) is 0 Å². The Morgan fingerprint density at radius 2 is 1.73 bits per heavy atom. The maximum atomic E-state index is 12.3. The van der Waals surface area contributed by atoms with Gasteiger partial charge in [-0.05, 0) is 80.3 Å². The van der Waals surface area contributed by atoms with Gasteiger partial charge in [0.1, 0.15) is 12.5 Å². The smallest absolute Gasteiger partial charge is 0.200 e. The zero-order chi connectivity index (χ0) is 23.8. The Hall–Kier alpha value is -2.97. The molecule has 0 heterocycles. The van der Waals surface area contributed by atoms with Gasteiger partial charge < -0.3 is 29.9 Å². The van der Waals surface area contributed by atoms with Crippen LogP contribution in [0.15, 0.2) is 30.3 Å². The second-order valence-corrected chi connectivity index (χ2v) is 8.53. The van der Waals surface area contributed by atoms with Crippen molar-refractivity contribution in [3.8, 4) is 28.7 Å². The number of aromatic hydroxyl groups is 3. The summed E-state index contributed by atoms with van der Waals surface area (Å²) in [5.74, 6) is -0.0717. The van der Waals surface area contributed by atoms with E-state index in [4.69, 9.17) is 15.2 Å². The normalized spacial score (nSPS) is 14.8. The first-order valence-corrected chi connectivity index (χ1v) is 11.4. The number of carbonyl (C=O) groups is 1. The Bertz CT molecular complexity index is 941. The van der Waals surface area contributed by atoms with Crippen molar-refractivity contribution in [1.29, 1.82) is 0 Å². The summed E-state index contributed by atoms with van der Waals surface area (Å²) >= 11 is 0. The van der Waals surface area contributed by atoms with Crippen molar-refractivity contribution in [2.75, 3.05) is 6.73 Å². The van der Waals surface area contributed by atoms with Gasteiger partial charge in [0.2, 0.25) is 5.75 Å². The lowest BCUT2D eigenvalue weighted by atomic mass is 9.99. The SMILES string of the molecule is NCOc1cc(CCC(=O)CC(O)CCc2cc(O)c(O)c(OC3CCCC3)c2)ccc1O. The van der Waals surface area contributed by atoms with Crippen LogP contribution in [0.1, 0.15) is 56.1 Å². The lowest BCUT2D eigenvalue weighted by Crippen LogP contribution is -2.15. The van der Waals surface area contributed by atoms with Crippen LogP contribution >= 0.6 is 0 Å². The zero-order valence-corrected chi connectivity index (χ0v) is 18.7. The highest BCUT2D eigenvalue weighted by Gasteiger charge is 2.20. The summed E-state index contributed by atoms with van der Waals surface area (Å²) in [5.41, 5.74) is 6.89. The van der Waals surface area contributed by atoms with Gasteiger partial charge in [-0.1, -0.05) is 6.07 Å². The molecule has 1 atom stereocenters. The number of hydrogen-bond acceptors (Lipinski definition) is 8. The molecule has 1 saturated carbocycles. The van der Waals surface area contributed by atoms with E-state index in [1.165, 1.54) is 12.1 Å². The van der Waals surface area contributed by atoms with E-state index in [1.54, 1.807) is 18.2 Å². The van der Waals surface area contributed by atoms with Gasteiger partial charge in [-0.2, -0.15) is 0 Å². The Kier molecular flexibility index (Phi) is 8.79. The van der Waals surface area contributed by atoms with Gasteiger partial charge in [0.15, 0.2) is 23.0 Å². The fourth-order valence-corrected chi connectivity index (χ4v) is 4.07. The van der Waals surface area contributed by atoms with Crippen LogP contribution in [0.25, 0.3) is 0 Å². The maximum absolute atomic E-state index is 12.3. The Balaban J connectivity index is 1.47. The van der Waals surface area contributed by atoms with E-state index in [-0.39, 0.29) is 60.2 Å². The van der Waals surface area contributed by atoms with Crippen LogP contribution in [0.2, 0.25) is 0 Å². The molecular weight excluding hydrogens is 426 g/mol. The van der Waals surface area contributed by atoms with E-state index >= 15 is 0 Å². The predicted molar refractivity (Wildman–Crippen MR) is 123 cm³/mol. The highest BCUT2D eigenvalue weighted by Crippen LogP contribution is 2.39. The lowest BCUT2D eigenvalue weighted by molar-refractivity contribution is -0.121. The number of aliphatic hydroxyl groups is 1. The molecule has 180 valence electrons. The Labute approximate surface area is 193 Å². The molecule has 0 bridgehead atoms. The summed E-state index contributed by atoms with van der Waals surface area (Å²) in [4.78, 5) is 12.3. The molecule has 1 aliphatic rings. The molecule has 0 spiro atoms. The van der Waals surface area contributed by atoms with Crippen molar-refractivity contribution in [2.45, 2.75) is 70.0 Å². The number of ketones is 1. The van der Waals surface area contributed by atoms with Crippen molar-refractivity contribution in [3.05, 3.63) is 41.5 Å². The van der Waals surface area contributed by atoms with Crippen LogP contribution in [0.4, 0.5) is 0 Å². The van der Waals surface area contributed by atoms with Gasteiger partial charge in [0.05, 0.1) is 12.2 Å². The number of aliphatic hydroxyl groups excluding tert-OH is 1. The first-order valence-electron chi connectivity index (χ1n) is 11.4. The molecule has 3 rings (SSSR count). The first-order chi connectivity index (χ1) is 15.9. The monoisotopic (exact) mass is 459 g/mol. The van der Waals surface area contributed by atoms with Crippen LogP contribution in [-0.4, -0.2) is 45.1 Å². The summed E-state index contributed by atoms with van der Waals surface area (Å²) < 4.78 is 11.0. The number of rotatable bonds is 12. The second-order valence-electron chi connectivity index (χ2n) is 8.53. The first kappa shape index (κ1) is 24.7. The summed E-state index contributed by atoms with van der Waals surface area (Å²) in [6.45, 7) is -0.0604. The summed E-state index contributed by atoms with van der Waals surface area (Å²) in [6.07, 6.45) is 4.77. The molecule has 0 aromatic heterocycles. The molecule has 1 unspecified atom stereocenters. The van der Waals surface area contributed by atoms with Gasteiger partial charge >= 0.3 is 0 Å². The molecular formula is C25H33NO7. The number of hydrogen-bond donors (Lipinski definition) is 5. The van der Waals surface area contributed by atoms with Gasteiger partial charge in [0.25, 0.3) is 0 Å². The number of Topliss-reactive ketones (excluding diaryl/α,β-unsaturated/α-hetero) is 1. The van der Waals surface area contributed by atoms with Gasteiger partial charge in [0, 0.05) is 12.8 Å². The molecule has 1 fully saturated rings. The number of ether oxygens (including phenoxy) is 2. The molecule has 2 aromatic rings. The lowest BCUT2D eigenvalue weighted by Gasteiger charge is -2.16. The van der Waals surface area contributed by atoms with Gasteiger partial charge in [-0.3, -0.25) is 10.5 Å². The van der Waals surface area contributed by atoms with E-state index in [9.17, 15) is 25.2 Å². The molecule has 1 aliphatic carbocycles. The van der Waals surface area contributed by atoms with E-state index in [1.807, 2.05) is 0 Å². The fourth-order valence-electron chi connectivity index (χ4n) is 4.07. The number of phenols is 3. The van der Waals surface area contributed by atoms with Gasteiger partial charge in [-0.15, -0.1) is 0 Å². The summed E-state index contributed by atoms with van der Waals surface area (Å²) in [6, 6.07) is 8.00. The molecule has 8 heteroatoms. The average Bonchev–Trinajstić information content (AvgIpc) is 3.29. The molecule has 0 amide bonds. The molecule has 6 N–H and O–H groups in total. The van der Waals surface area contributed by atoms with Crippen molar-refractivity contribution in [3.63, 3.8) is 0 Å². The molecule has 8 nitrogen and oxygen atoms in total. The third kappa shape index (κ3) is 7.27. The Morgan fingerprint density at radius 3 is 2.45 bits per heavy atom. The number of carbonyl (C=O) groups excluding carboxylic acids is 1. The van der Waals surface area contributed by atoms with Crippen molar-refractivity contribution in [1.82, 2.24) is 0 Å². The van der Waals surface area contributed by atoms with E-state index < -0.39 is 6.10 Å². The van der Waals surface area contributed by atoms with Crippen LogP contribution in [0.3, 0.4) is 0 Å². The van der Waals surface area contributed by atoms with Crippen LogP contribution < -0.4 is 15.2 Å². The molecule has 33 heavy (non-hydrogen) atoms. The minimum Gasteiger partial charge on any atom is -0.504 e. The molecule has 0 aliphatic heterocycles. The number of aryl methyl sites for hydroxylation is 2. The average molecular weight is 460 g/mol. The minimum absolute atomic E-state index is 0.0111. The maximum Gasteiger partial charge on any atom is 0.200 e. The number of phenolic OH excluding ortho intramolecular Hbond substituents is 3. The summed E-state index contributed by atoms with van der Waals surface area (Å²) in [7, 11) is 0. The van der Waals surface area contributed by atoms with Crippen molar-refractivity contribution >= 4 is 5.78 Å². The minimum atomic E-state index is -0.816. The van der Waals surface area contributed by atoms with Crippen LogP contribution in [0, 0.1) is 0 Å². The topological polar surface area (TPSA) is 142 Å². The highest BCUT2D eigenvalue weighted by molar-refractivity contribution is 5.79. The largest absolute Gasteiger partial charge is 0.504 e. The quantitative estimate of drug-likeness (QED) is 0.240. The van der Waals surface area contributed by atoms with Crippen LogP contribution in [0.5, 0.6) is 28.7 Å². The third-order valence-electron chi connectivity index (χ3n) is 5.90. The molecule has 2 aromatic carbocycles. The predicted octanol–water partition coefficient (Wildman–Crippen LogP) is 3.31. The number of nitrogens with two attached hydrogens (primary N) is 1. The van der Waals surface area contributed by atoms with Crippen molar-refractivity contribution < 1.29 is 34.7 Å².